The van der Waals surface area contributed by atoms with Crippen LogP contribution >= 0.6 is 11.6 Å². The van der Waals surface area contributed by atoms with E-state index in [1.54, 1.807) is 24.3 Å². The molecule has 9 heteroatoms. The molecule has 0 saturated heterocycles. The van der Waals surface area contributed by atoms with E-state index in [0.29, 0.717) is 18.0 Å². The minimum atomic E-state index is -4.02. The lowest BCUT2D eigenvalue weighted by Crippen LogP contribution is -2.27. The predicted octanol–water partition coefficient (Wildman–Crippen LogP) is 5.35. The van der Waals surface area contributed by atoms with E-state index in [2.05, 4.69) is 5.32 Å². The first kappa shape index (κ1) is 23.6. The number of benzene rings is 3. The van der Waals surface area contributed by atoms with Gasteiger partial charge in [0.05, 0.1) is 27.8 Å². The van der Waals surface area contributed by atoms with Gasteiger partial charge in [0.2, 0.25) is 0 Å². The number of anilines is 2. The third-order valence-corrected chi connectivity index (χ3v) is 6.71. The molecule has 3 aromatic carbocycles. The van der Waals surface area contributed by atoms with E-state index >= 15 is 0 Å². The fourth-order valence-corrected chi connectivity index (χ4v) is 4.29. The fraction of sp³-hybridized carbons (Fsp3) is 0.174. The summed E-state index contributed by atoms with van der Waals surface area (Å²) in [6, 6.07) is 15.8. The normalized spacial score (nSPS) is 11.1. The molecule has 0 unspecified atom stereocenters. The summed E-state index contributed by atoms with van der Waals surface area (Å²) in [5, 5.41) is 2.81. The van der Waals surface area contributed by atoms with Crippen molar-refractivity contribution in [3.63, 3.8) is 0 Å². The number of hydrogen-bond donors (Lipinski definition) is 1. The third kappa shape index (κ3) is 5.38. The number of ether oxygens (including phenoxy) is 1. The monoisotopic (exact) mass is 476 g/mol. The first-order valence-corrected chi connectivity index (χ1v) is 11.6. The van der Waals surface area contributed by atoms with Crippen molar-refractivity contribution >= 4 is 38.9 Å². The van der Waals surface area contributed by atoms with Gasteiger partial charge in [-0.3, -0.25) is 9.10 Å². The first-order chi connectivity index (χ1) is 15.2. The molecule has 0 saturated carbocycles. The van der Waals surface area contributed by atoms with Crippen molar-refractivity contribution < 1.29 is 22.3 Å². The molecular weight excluding hydrogens is 455 g/mol. The number of rotatable bonds is 8. The Balaban J connectivity index is 1.86. The topological polar surface area (TPSA) is 75.7 Å². The van der Waals surface area contributed by atoms with Crippen molar-refractivity contribution in [1.29, 1.82) is 0 Å². The highest BCUT2D eigenvalue weighted by molar-refractivity contribution is 7.92. The zero-order chi connectivity index (χ0) is 23.3. The average Bonchev–Trinajstić information content (AvgIpc) is 2.78. The Kier molecular flexibility index (Phi) is 7.37. The molecule has 168 valence electrons. The fourth-order valence-electron chi connectivity index (χ4n) is 2.87. The zero-order valence-corrected chi connectivity index (χ0v) is 19.1. The van der Waals surface area contributed by atoms with Crippen LogP contribution in [0.1, 0.15) is 23.7 Å². The van der Waals surface area contributed by atoms with E-state index < -0.39 is 21.7 Å². The molecule has 0 aliphatic rings. The number of carbonyl (C=O) groups excluding carboxylic acids is 1. The van der Waals surface area contributed by atoms with Crippen LogP contribution in [-0.4, -0.2) is 28.0 Å². The van der Waals surface area contributed by atoms with Crippen molar-refractivity contribution in [2.24, 2.45) is 0 Å². The van der Waals surface area contributed by atoms with Crippen LogP contribution in [0.25, 0.3) is 0 Å². The Morgan fingerprint density at radius 2 is 1.81 bits per heavy atom. The second kappa shape index (κ2) is 10.0. The van der Waals surface area contributed by atoms with E-state index in [1.165, 1.54) is 49.5 Å². The molecule has 0 aliphatic heterocycles. The van der Waals surface area contributed by atoms with Crippen molar-refractivity contribution in [2.75, 3.05) is 23.3 Å². The summed E-state index contributed by atoms with van der Waals surface area (Å²) in [4.78, 5) is 12.7. The average molecular weight is 477 g/mol. The van der Waals surface area contributed by atoms with Crippen LogP contribution in [0.5, 0.6) is 5.75 Å². The van der Waals surface area contributed by atoms with Crippen LogP contribution in [0.4, 0.5) is 15.8 Å². The highest BCUT2D eigenvalue weighted by Gasteiger charge is 2.24. The Morgan fingerprint density at radius 3 is 2.50 bits per heavy atom. The molecule has 32 heavy (non-hydrogen) atoms. The molecule has 0 spiro atoms. The lowest BCUT2D eigenvalue weighted by molar-refractivity contribution is 0.102. The first-order valence-electron chi connectivity index (χ1n) is 9.80. The number of carbonyl (C=O) groups is 1. The maximum atomic E-state index is 13.2. The SMILES string of the molecule is CCCOc1cccc(NC(=O)c2cc(S(=O)(=O)N(C)c3ccc(F)cc3)ccc2Cl)c1. The second-order valence-electron chi connectivity index (χ2n) is 6.92. The molecule has 1 N–H and O–H groups in total. The molecule has 0 fully saturated rings. The van der Waals surface area contributed by atoms with Crippen molar-refractivity contribution in [3.8, 4) is 5.75 Å². The molecule has 0 radical (unpaired) electrons. The third-order valence-electron chi connectivity index (χ3n) is 4.60. The molecule has 0 heterocycles. The highest BCUT2D eigenvalue weighted by Crippen LogP contribution is 2.27. The van der Waals surface area contributed by atoms with Crippen LogP contribution in [-0.2, 0) is 10.0 Å². The summed E-state index contributed by atoms with van der Waals surface area (Å²) in [5.74, 6) is -0.439. The maximum Gasteiger partial charge on any atom is 0.264 e. The Labute approximate surface area is 191 Å². The van der Waals surface area contributed by atoms with E-state index in [9.17, 15) is 17.6 Å². The van der Waals surface area contributed by atoms with Crippen LogP contribution in [0.2, 0.25) is 5.02 Å². The van der Waals surface area contributed by atoms with Gasteiger partial charge in [-0.1, -0.05) is 24.6 Å². The van der Waals surface area contributed by atoms with Crippen LogP contribution in [0.15, 0.2) is 71.6 Å². The van der Waals surface area contributed by atoms with Crippen LogP contribution in [0.3, 0.4) is 0 Å². The lowest BCUT2D eigenvalue weighted by Gasteiger charge is -2.20. The van der Waals surface area contributed by atoms with E-state index in [1.807, 2.05) is 6.92 Å². The van der Waals surface area contributed by atoms with Crippen molar-refractivity contribution in [2.45, 2.75) is 18.2 Å². The van der Waals surface area contributed by atoms with Gasteiger partial charge in [0, 0.05) is 18.8 Å². The Bertz CT molecular complexity index is 1220. The van der Waals surface area contributed by atoms with E-state index in [4.69, 9.17) is 16.3 Å². The summed E-state index contributed by atoms with van der Waals surface area (Å²) in [6.45, 7) is 2.53. The second-order valence-corrected chi connectivity index (χ2v) is 9.30. The van der Waals surface area contributed by atoms with E-state index in [0.717, 1.165) is 10.7 Å². The van der Waals surface area contributed by atoms with Gasteiger partial charge in [-0.15, -0.1) is 0 Å². The molecule has 6 nitrogen and oxygen atoms in total. The van der Waals surface area contributed by atoms with Gasteiger partial charge in [-0.2, -0.15) is 0 Å². The number of nitrogens with one attached hydrogen (secondary N) is 1. The van der Waals surface area contributed by atoms with E-state index in [-0.39, 0.29) is 21.2 Å². The van der Waals surface area contributed by atoms with Gasteiger partial charge >= 0.3 is 0 Å². The molecule has 1 amide bonds. The molecule has 0 bridgehead atoms. The number of hydrogen-bond acceptors (Lipinski definition) is 4. The molecule has 3 rings (SSSR count). The number of amides is 1. The summed E-state index contributed by atoms with van der Waals surface area (Å²) in [5.41, 5.74) is 0.757. The lowest BCUT2D eigenvalue weighted by atomic mass is 10.2. The number of nitrogens with zero attached hydrogens (tertiary/aromatic N) is 1. The molecule has 0 aromatic heterocycles. The van der Waals surface area contributed by atoms with Gasteiger partial charge in [0.1, 0.15) is 11.6 Å². The molecular formula is C23H22ClFN2O4S. The largest absolute Gasteiger partial charge is 0.494 e. The molecule has 3 aromatic rings. The zero-order valence-electron chi connectivity index (χ0n) is 17.5. The summed E-state index contributed by atoms with van der Waals surface area (Å²) in [7, 11) is -2.67. The quantitative estimate of drug-likeness (QED) is 0.475. The van der Waals surface area contributed by atoms with Crippen LogP contribution < -0.4 is 14.4 Å². The van der Waals surface area contributed by atoms with Gasteiger partial charge in [-0.25, -0.2) is 12.8 Å². The van der Waals surface area contributed by atoms with Crippen molar-refractivity contribution in [3.05, 3.63) is 83.1 Å². The molecule has 0 aliphatic carbocycles. The van der Waals surface area contributed by atoms with Crippen molar-refractivity contribution in [1.82, 2.24) is 0 Å². The van der Waals surface area contributed by atoms with Gasteiger partial charge in [-0.05, 0) is 61.0 Å². The standard InChI is InChI=1S/C23H22ClFN2O4S/c1-3-13-31-19-6-4-5-17(14-19)26-23(28)21-15-20(11-12-22(21)24)32(29,30)27(2)18-9-7-16(25)8-10-18/h4-12,14-15H,3,13H2,1-2H3,(H,26,28). The van der Waals surface area contributed by atoms with Gasteiger partial charge < -0.3 is 10.1 Å². The maximum absolute atomic E-state index is 13.2. The highest BCUT2D eigenvalue weighted by atomic mass is 35.5. The van der Waals surface area contributed by atoms with Gasteiger partial charge in [0.15, 0.2) is 0 Å². The summed E-state index contributed by atoms with van der Waals surface area (Å²) in [6.07, 6.45) is 0.847. The molecule has 0 atom stereocenters. The number of sulfonamides is 1. The summed E-state index contributed by atoms with van der Waals surface area (Å²) >= 11 is 6.19. The summed E-state index contributed by atoms with van der Waals surface area (Å²) < 4.78 is 45.8. The Hall–Kier alpha value is -3.10. The Morgan fingerprint density at radius 1 is 1.09 bits per heavy atom. The minimum Gasteiger partial charge on any atom is -0.494 e. The smallest absolute Gasteiger partial charge is 0.264 e. The minimum absolute atomic E-state index is 0.000118. The van der Waals surface area contributed by atoms with Crippen LogP contribution in [0, 0.1) is 5.82 Å². The predicted molar refractivity (Wildman–Crippen MR) is 124 cm³/mol. The van der Waals surface area contributed by atoms with Gasteiger partial charge in [0.25, 0.3) is 15.9 Å². The number of halogens is 2.